The topological polar surface area (TPSA) is 137 Å². The van der Waals surface area contributed by atoms with Crippen LogP contribution in [-0.2, 0) is 10.0 Å². The molecule has 160 valence electrons. The quantitative estimate of drug-likeness (QED) is 0.608. The zero-order chi connectivity index (χ0) is 21.7. The molecule has 30 heavy (non-hydrogen) atoms. The monoisotopic (exact) mass is 431 g/mol. The van der Waals surface area contributed by atoms with Gasteiger partial charge in [0, 0.05) is 11.7 Å². The molecule has 0 amide bonds. The van der Waals surface area contributed by atoms with Gasteiger partial charge in [0.25, 0.3) is 0 Å². The molecular weight excluding hydrogens is 406 g/mol. The second kappa shape index (κ2) is 9.38. The second-order valence-electron chi connectivity index (χ2n) is 7.46. The van der Waals surface area contributed by atoms with E-state index in [2.05, 4.69) is 20.0 Å². The van der Waals surface area contributed by atoms with E-state index in [0.717, 1.165) is 12.8 Å². The van der Waals surface area contributed by atoms with Crippen LogP contribution in [0.4, 0.5) is 11.6 Å². The van der Waals surface area contributed by atoms with Gasteiger partial charge in [0.2, 0.25) is 21.9 Å². The van der Waals surface area contributed by atoms with Crippen molar-refractivity contribution in [1.29, 1.82) is 5.26 Å². The number of aromatic nitrogens is 2. The number of nitriles is 1. The van der Waals surface area contributed by atoms with Gasteiger partial charge in [-0.25, -0.2) is 18.1 Å². The zero-order valence-electron chi connectivity index (χ0n) is 16.9. The fraction of sp³-hybridized carbons (Fsp3) is 0.450. The van der Waals surface area contributed by atoms with E-state index in [0.29, 0.717) is 18.5 Å². The van der Waals surface area contributed by atoms with Crippen LogP contribution in [0.25, 0.3) is 0 Å². The molecule has 1 aromatic heterocycles. The maximum atomic E-state index is 12.2. The van der Waals surface area contributed by atoms with Gasteiger partial charge in [0.15, 0.2) is 0 Å². The lowest BCUT2D eigenvalue weighted by Gasteiger charge is -2.27. The van der Waals surface area contributed by atoms with Crippen molar-refractivity contribution in [2.24, 2.45) is 0 Å². The average Bonchev–Trinajstić information content (AvgIpc) is 2.69. The molecule has 1 aliphatic rings. The third kappa shape index (κ3) is 5.44. The first-order valence-corrected chi connectivity index (χ1v) is 11.3. The molecule has 0 saturated heterocycles. The smallest absolute Gasteiger partial charge is 0.240 e. The molecule has 1 heterocycles. The minimum atomic E-state index is -3.58. The normalized spacial score (nSPS) is 19.3. The molecule has 9 nitrogen and oxygen atoms in total. The van der Waals surface area contributed by atoms with E-state index in [4.69, 9.17) is 4.74 Å². The SMILES string of the molecule is CC(C)NS(=O)(=O)c1ccc(Nc2ncc(C#N)c(OC3CCCCC3O)n2)cc1. The van der Waals surface area contributed by atoms with E-state index in [1.165, 1.54) is 18.3 Å². The van der Waals surface area contributed by atoms with Crippen molar-refractivity contribution >= 4 is 21.7 Å². The van der Waals surface area contributed by atoms with Crippen LogP contribution in [0, 0.1) is 11.3 Å². The van der Waals surface area contributed by atoms with Gasteiger partial charge >= 0.3 is 0 Å². The molecule has 0 bridgehead atoms. The Balaban J connectivity index is 1.76. The van der Waals surface area contributed by atoms with E-state index in [1.54, 1.807) is 26.0 Å². The minimum Gasteiger partial charge on any atom is -0.471 e. The fourth-order valence-corrected chi connectivity index (χ4v) is 4.43. The first kappa shape index (κ1) is 22.0. The summed E-state index contributed by atoms with van der Waals surface area (Å²) in [6.45, 7) is 3.50. The number of sulfonamides is 1. The summed E-state index contributed by atoms with van der Waals surface area (Å²) in [7, 11) is -3.58. The molecule has 0 radical (unpaired) electrons. The third-order valence-corrected chi connectivity index (χ3v) is 6.29. The Kier molecular flexibility index (Phi) is 6.87. The van der Waals surface area contributed by atoms with Crippen molar-refractivity contribution in [1.82, 2.24) is 14.7 Å². The lowest BCUT2D eigenvalue weighted by Crippen LogP contribution is -2.35. The number of anilines is 2. The molecule has 1 saturated carbocycles. The molecule has 1 fully saturated rings. The highest BCUT2D eigenvalue weighted by molar-refractivity contribution is 7.89. The highest BCUT2D eigenvalue weighted by Gasteiger charge is 2.26. The maximum absolute atomic E-state index is 12.2. The first-order chi connectivity index (χ1) is 14.3. The number of hydrogen-bond donors (Lipinski definition) is 3. The van der Waals surface area contributed by atoms with E-state index in [1.807, 2.05) is 6.07 Å². The molecule has 2 atom stereocenters. The summed E-state index contributed by atoms with van der Waals surface area (Å²) < 4.78 is 32.8. The van der Waals surface area contributed by atoms with Gasteiger partial charge in [-0.15, -0.1) is 0 Å². The van der Waals surface area contributed by atoms with E-state index in [9.17, 15) is 18.8 Å². The lowest BCUT2D eigenvalue weighted by atomic mass is 9.95. The molecule has 0 spiro atoms. The van der Waals surface area contributed by atoms with Crippen LogP contribution >= 0.6 is 0 Å². The molecule has 2 aromatic rings. The highest BCUT2D eigenvalue weighted by Crippen LogP contribution is 2.26. The van der Waals surface area contributed by atoms with Crippen molar-refractivity contribution in [2.75, 3.05) is 5.32 Å². The Labute approximate surface area is 176 Å². The highest BCUT2D eigenvalue weighted by atomic mass is 32.2. The minimum absolute atomic E-state index is 0.112. The molecule has 1 aliphatic carbocycles. The summed E-state index contributed by atoms with van der Waals surface area (Å²) in [6, 6.07) is 7.95. The predicted octanol–water partition coefficient (Wildman–Crippen LogP) is 2.46. The number of nitrogens with zero attached hydrogens (tertiary/aromatic N) is 3. The van der Waals surface area contributed by atoms with Crippen LogP contribution in [-0.4, -0.2) is 41.7 Å². The van der Waals surface area contributed by atoms with Crippen molar-refractivity contribution in [3.63, 3.8) is 0 Å². The number of hydrogen-bond acceptors (Lipinski definition) is 8. The van der Waals surface area contributed by atoms with Crippen LogP contribution in [0.15, 0.2) is 35.4 Å². The van der Waals surface area contributed by atoms with Gasteiger partial charge < -0.3 is 15.2 Å². The number of aliphatic hydroxyl groups is 1. The van der Waals surface area contributed by atoms with Crippen molar-refractivity contribution in [3.8, 4) is 11.9 Å². The van der Waals surface area contributed by atoms with Crippen LogP contribution in [0.3, 0.4) is 0 Å². The van der Waals surface area contributed by atoms with Crippen molar-refractivity contribution in [3.05, 3.63) is 36.0 Å². The largest absolute Gasteiger partial charge is 0.471 e. The average molecular weight is 432 g/mol. The summed E-state index contributed by atoms with van der Waals surface area (Å²) in [6.07, 6.45) is 3.59. The predicted molar refractivity (Wildman–Crippen MR) is 111 cm³/mol. The summed E-state index contributed by atoms with van der Waals surface area (Å²) in [5.74, 6) is 0.312. The Morgan fingerprint density at radius 3 is 2.57 bits per heavy atom. The standard InChI is InChI=1S/C20H25N5O4S/c1-13(2)25-30(27,28)16-9-7-15(8-10-16)23-20-22-12-14(11-21)19(24-20)29-18-6-4-3-5-17(18)26/h7-10,12-13,17-18,25-26H,3-6H2,1-2H3,(H,22,23,24). The Morgan fingerprint density at radius 2 is 1.93 bits per heavy atom. The molecule has 0 aliphatic heterocycles. The van der Waals surface area contributed by atoms with Gasteiger partial charge in [-0.05, 0) is 57.4 Å². The summed E-state index contributed by atoms with van der Waals surface area (Å²) in [5.41, 5.74) is 0.756. The Hall–Kier alpha value is -2.74. The molecule has 3 N–H and O–H groups in total. The number of benzene rings is 1. The number of nitrogens with one attached hydrogen (secondary N) is 2. The summed E-state index contributed by atoms with van der Waals surface area (Å²) in [5, 5.41) is 22.4. The van der Waals surface area contributed by atoms with E-state index in [-0.39, 0.29) is 28.3 Å². The maximum Gasteiger partial charge on any atom is 0.240 e. The number of rotatable bonds is 7. The van der Waals surface area contributed by atoms with Crippen molar-refractivity contribution < 1.29 is 18.3 Å². The summed E-state index contributed by atoms with van der Waals surface area (Å²) in [4.78, 5) is 8.53. The molecule has 1 aromatic carbocycles. The third-order valence-electron chi connectivity index (χ3n) is 4.62. The van der Waals surface area contributed by atoms with Crippen LogP contribution in [0.2, 0.25) is 0 Å². The van der Waals surface area contributed by atoms with Gasteiger partial charge in [-0.3, -0.25) is 0 Å². The van der Waals surface area contributed by atoms with Crippen LogP contribution < -0.4 is 14.8 Å². The number of aliphatic hydroxyl groups excluding tert-OH is 1. The van der Waals surface area contributed by atoms with Gasteiger partial charge in [0.1, 0.15) is 17.7 Å². The fourth-order valence-electron chi connectivity index (χ4n) is 3.18. The van der Waals surface area contributed by atoms with Gasteiger partial charge in [-0.2, -0.15) is 10.2 Å². The molecular formula is C20H25N5O4S. The molecule has 3 rings (SSSR count). The number of ether oxygens (including phenoxy) is 1. The Morgan fingerprint density at radius 1 is 1.23 bits per heavy atom. The zero-order valence-corrected chi connectivity index (χ0v) is 17.7. The van der Waals surface area contributed by atoms with E-state index < -0.39 is 22.2 Å². The molecule has 10 heteroatoms. The summed E-state index contributed by atoms with van der Waals surface area (Å²) >= 11 is 0. The molecule has 2 unspecified atom stereocenters. The Bertz CT molecular complexity index is 1020. The first-order valence-electron chi connectivity index (χ1n) is 9.80. The second-order valence-corrected chi connectivity index (χ2v) is 9.17. The van der Waals surface area contributed by atoms with Crippen LogP contribution in [0.5, 0.6) is 5.88 Å². The van der Waals surface area contributed by atoms with E-state index >= 15 is 0 Å². The van der Waals surface area contributed by atoms with Crippen LogP contribution in [0.1, 0.15) is 45.1 Å². The lowest BCUT2D eigenvalue weighted by molar-refractivity contribution is 0.00436. The van der Waals surface area contributed by atoms with Gasteiger partial charge in [-0.1, -0.05) is 6.42 Å². The van der Waals surface area contributed by atoms with Gasteiger partial charge in [0.05, 0.1) is 17.2 Å². The van der Waals surface area contributed by atoms with Crippen molar-refractivity contribution in [2.45, 2.75) is 62.7 Å².